The molecule has 1 aromatic rings. The zero-order chi connectivity index (χ0) is 13.7. The van der Waals surface area contributed by atoms with Crippen LogP contribution in [0.5, 0.6) is 5.75 Å². The van der Waals surface area contributed by atoms with Gasteiger partial charge in [-0.2, -0.15) is 0 Å². The first-order chi connectivity index (χ1) is 8.40. The van der Waals surface area contributed by atoms with Crippen LogP contribution in [0.3, 0.4) is 0 Å². The second-order valence-electron chi connectivity index (χ2n) is 4.02. The minimum absolute atomic E-state index is 0.0170. The molecule has 0 aromatic heterocycles. The number of benzene rings is 1. The van der Waals surface area contributed by atoms with E-state index in [1.165, 1.54) is 12.1 Å². The van der Waals surface area contributed by atoms with E-state index in [1.54, 1.807) is 0 Å². The smallest absolute Gasteiger partial charge is 0.258 e. The van der Waals surface area contributed by atoms with Gasteiger partial charge in [0.25, 0.3) is 5.91 Å². The number of halogens is 1. The van der Waals surface area contributed by atoms with E-state index in [1.807, 2.05) is 13.8 Å². The third kappa shape index (κ3) is 4.29. The Morgan fingerprint density at radius 1 is 1.56 bits per heavy atom. The van der Waals surface area contributed by atoms with Crippen LogP contribution in [0.1, 0.15) is 19.4 Å². The van der Waals surface area contributed by atoms with Crippen molar-refractivity contribution in [3.8, 4) is 5.75 Å². The first-order valence-electron chi connectivity index (χ1n) is 5.41. The molecule has 6 heteroatoms. The number of nitrogens with two attached hydrogens (primary N) is 1. The number of thiocarbonyl (C=S) groups is 1. The molecule has 1 amide bonds. The van der Waals surface area contributed by atoms with E-state index in [-0.39, 0.29) is 34.9 Å². The first-order valence-corrected chi connectivity index (χ1v) is 5.82. The maximum atomic E-state index is 13.5. The van der Waals surface area contributed by atoms with Crippen LogP contribution in [0.25, 0.3) is 0 Å². The Labute approximate surface area is 110 Å². The summed E-state index contributed by atoms with van der Waals surface area (Å²) in [6.07, 6.45) is 0. The quantitative estimate of drug-likeness (QED) is 0.793. The topological polar surface area (TPSA) is 64.3 Å². The van der Waals surface area contributed by atoms with Gasteiger partial charge in [0.2, 0.25) is 0 Å². The number of rotatable bonds is 5. The highest BCUT2D eigenvalue weighted by atomic mass is 32.1. The molecule has 4 nitrogen and oxygen atoms in total. The monoisotopic (exact) mass is 270 g/mol. The van der Waals surface area contributed by atoms with E-state index < -0.39 is 5.82 Å². The SMILES string of the molecule is CC(C)NC(=O)COc1ccc(C(N)=S)c(F)c1. The van der Waals surface area contributed by atoms with E-state index in [0.717, 1.165) is 6.07 Å². The Hall–Kier alpha value is -1.69. The van der Waals surface area contributed by atoms with Crippen LogP contribution in [0.15, 0.2) is 18.2 Å². The summed E-state index contributed by atoms with van der Waals surface area (Å²) in [6.45, 7) is 3.52. The highest BCUT2D eigenvalue weighted by Gasteiger charge is 2.08. The summed E-state index contributed by atoms with van der Waals surface area (Å²) in [5.74, 6) is -0.570. The van der Waals surface area contributed by atoms with Gasteiger partial charge in [-0.25, -0.2) is 4.39 Å². The predicted octanol–water partition coefficient (Wildman–Crippen LogP) is 1.36. The highest BCUT2D eigenvalue weighted by molar-refractivity contribution is 7.80. The van der Waals surface area contributed by atoms with Gasteiger partial charge in [0, 0.05) is 17.7 Å². The van der Waals surface area contributed by atoms with Crippen molar-refractivity contribution in [2.24, 2.45) is 5.73 Å². The van der Waals surface area contributed by atoms with Crippen LogP contribution in [0.2, 0.25) is 0 Å². The Morgan fingerprint density at radius 3 is 2.72 bits per heavy atom. The molecule has 0 bridgehead atoms. The molecule has 0 saturated heterocycles. The van der Waals surface area contributed by atoms with E-state index in [0.29, 0.717) is 0 Å². The number of amides is 1. The first kappa shape index (κ1) is 14.4. The minimum Gasteiger partial charge on any atom is -0.484 e. The van der Waals surface area contributed by atoms with Gasteiger partial charge in [0.15, 0.2) is 6.61 Å². The fourth-order valence-electron chi connectivity index (χ4n) is 1.30. The largest absolute Gasteiger partial charge is 0.484 e. The van der Waals surface area contributed by atoms with Crippen molar-refractivity contribution < 1.29 is 13.9 Å². The third-order valence-electron chi connectivity index (χ3n) is 2.03. The molecule has 0 aliphatic rings. The normalized spacial score (nSPS) is 10.2. The van der Waals surface area contributed by atoms with Crippen molar-refractivity contribution in [2.45, 2.75) is 19.9 Å². The van der Waals surface area contributed by atoms with E-state index in [4.69, 9.17) is 10.5 Å². The van der Waals surface area contributed by atoms with Crippen molar-refractivity contribution in [1.29, 1.82) is 0 Å². The van der Waals surface area contributed by atoms with Crippen LogP contribution in [-0.2, 0) is 4.79 Å². The summed E-state index contributed by atoms with van der Waals surface area (Å²) in [5.41, 5.74) is 5.48. The summed E-state index contributed by atoms with van der Waals surface area (Å²) >= 11 is 4.68. The number of ether oxygens (including phenoxy) is 1. The zero-order valence-corrected chi connectivity index (χ0v) is 11.0. The molecule has 0 saturated carbocycles. The van der Waals surface area contributed by atoms with Gasteiger partial charge in [-0.3, -0.25) is 4.79 Å². The lowest BCUT2D eigenvalue weighted by atomic mass is 10.2. The summed E-state index contributed by atoms with van der Waals surface area (Å²) in [6, 6.07) is 4.12. The molecule has 0 unspecified atom stereocenters. The Kier molecular flexibility index (Phi) is 5.03. The van der Waals surface area contributed by atoms with Gasteiger partial charge in [-0.15, -0.1) is 0 Å². The summed E-state index contributed by atoms with van der Waals surface area (Å²) in [7, 11) is 0. The van der Waals surface area contributed by atoms with Crippen molar-refractivity contribution in [2.75, 3.05) is 6.61 Å². The number of carbonyl (C=O) groups is 1. The van der Waals surface area contributed by atoms with E-state index in [2.05, 4.69) is 17.5 Å². The standard InChI is InChI=1S/C12H15FN2O2S/c1-7(2)15-11(16)6-17-8-3-4-9(12(14)18)10(13)5-8/h3-5,7H,6H2,1-2H3,(H2,14,18)(H,15,16). The summed E-state index contributed by atoms with van der Waals surface area (Å²) < 4.78 is 18.6. The Bertz CT molecular complexity index is 463. The van der Waals surface area contributed by atoms with Crippen molar-refractivity contribution in [3.05, 3.63) is 29.6 Å². The second kappa shape index (κ2) is 6.30. The molecule has 0 heterocycles. The average molecular weight is 270 g/mol. The van der Waals surface area contributed by atoms with Gasteiger partial charge in [0.05, 0.1) is 0 Å². The molecular formula is C12H15FN2O2S. The van der Waals surface area contributed by atoms with E-state index in [9.17, 15) is 9.18 Å². The maximum absolute atomic E-state index is 13.5. The number of nitrogens with one attached hydrogen (secondary N) is 1. The fraction of sp³-hybridized carbons (Fsp3) is 0.333. The maximum Gasteiger partial charge on any atom is 0.258 e. The molecule has 0 fully saturated rings. The minimum atomic E-state index is -0.565. The van der Waals surface area contributed by atoms with Crippen LogP contribution in [0.4, 0.5) is 4.39 Å². The van der Waals surface area contributed by atoms with Gasteiger partial charge in [-0.05, 0) is 26.0 Å². The second-order valence-corrected chi connectivity index (χ2v) is 4.46. The van der Waals surface area contributed by atoms with Gasteiger partial charge < -0.3 is 15.8 Å². The number of hydrogen-bond acceptors (Lipinski definition) is 3. The fourth-order valence-corrected chi connectivity index (χ4v) is 1.46. The van der Waals surface area contributed by atoms with Gasteiger partial charge in [-0.1, -0.05) is 12.2 Å². The predicted molar refractivity (Wildman–Crippen MR) is 71.1 cm³/mol. The Morgan fingerprint density at radius 2 is 2.22 bits per heavy atom. The van der Waals surface area contributed by atoms with Gasteiger partial charge >= 0.3 is 0 Å². The zero-order valence-electron chi connectivity index (χ0n) is 10.2. The van der Waals surface area contributed by atoms with Crippen LogP contribution < -0.4 is 15.8 Å². The lowest BCUT2D eigenvalue weighted by Gasteiger charge is -2.10. The molecular weight excluding hydrogens is 255 g/mol. The third-order valence-corrected chi connectivity index (χ3v) is 2.25. The average Bonchev–Trinajstić information content (AvgIpc) is 2.25. The lowest BCUT2D eigenvalue weighted by Crippen LogP contribution is -2.34. The molecule has 0 aliphatic heterocycles. The molecule has 3 N–H and O–H groups in total. The van der Waals surface area contributed by atoms with Crippen molar-refractivity contribution >= 4 is 23.1 Å². The molecule has 98 valence electrons. The summed E-state index contributed by atoms with van der Waals surface area (Å²) in [4.78, 5) is 11.3. The van der Waals surface area contributed by atoms with Gasteiger partial charge in [0.1, 0.15) is 16.6 Å². The number of carbonyl (C=O) groups excluding carboxylic acids is 1. The molecule has 1 rings (SSSR count). The van der Waals surface area contributed by atoms with E-state index >= 15 is 0 Å². The molecule has 18 heavy (non-hydrogen) atoms. The lowest BCUT2D eigenvalue weighted by molar-refractivity contribution is -0.123. The van der Waals surface area contributed by atoms with Crippen LogP contribution >= 0.6 is 12.2 Å². The highest BCUT2D eigenvalue weighted by Crippen LogP contribution is 2.16. The Balaban J connectivity index is 2.61. The molecule has 0 atom stereocenters. The van der Waals surface area contributed by atoms with Crippen LogP contribution in [-0.4, -0.2) is 23.5 Å². The summed E-state index contributed by atoms with van der Waals surface area (Å²) in [5, 5.41) is 2.66. The molecule has 0 radical (unpaired) electrons. The van der Waals surface area contributed by atoms with Crippen molar-refractivity contribution in [1.82, 2.24) is 5.32 Å². The number of hydrogen-bond donors (Lipinski definition) is 2. The van der Waals surface area contributed by atoms with Crippen molar-refractivity contribution in [3.63, 3.8) is 0 Å². The molecule has 0 aliphatic carbocycles. The molecule has 0 spiro atoms. The van der Waals surface area contributed by atoms with Crippen LogP contribution in [0, 0.1) is 5.82 Å². The molecule has 1 aromatic carbocycles.